The van der Waals surface area contributed by atoms with E-state index in [4.69, 9.17) is 9.47 Å². The molecule has 1 aliphatic rings. The molecule has 0 amide bonds. The number of rotatable bonds is 3. The Morgan fingerprint density at radius 1 is 1.25 bits per heavy atom. The van der Waals surface area contributed by atoms with Crippen LogP contribution in [-0.2, 0) is 11.2 Å². The van der Waals surface area contributed by atoms with Gasteiger partial charge in [0.15, 0.2) is 11.5 Å². The van der Waals surface area contributed by atoms with Gasteiger partial charge in [-0.3, -0.25) is 0 Å². The third-order valence-electron chi connectivity index (χ3n) is 2.58. The molecule has 1 aromatic rings. The zero-order valence-electron chi connectivity index (χ0n) is 9.49. The minimum absolute atomic E-state index is 0.215. The van der Waals surface area contributed by atoms with Crippen LogP contribution in [0.5, 0.6) is 11.5 Å². The van der Waals surface area contributed by atoms with Crippen molar-refractivity contribution in [1.82, 2.24) is 0 Å². The molecule has 1 aromatic carbocycles. The highest BCUT2D eigenvalue weighted by Gasteiger charge is 2.10. The molecule has 3 heteroatoms. The van der Waals surface area contributed by atoms with Crippen LogP contribution in [0.15, 0.2) is 18.2 Å². The number of ketones is 1. The number of hydrogen-bond acceptors (Lipinski definition) is 3. The molecule has 0 spiro atoms. The molecule has 1 aliphatic heterocycles. The topological polar surface area (TPSA) is 35.5 Å². The maximum atomic E-state index is 10.9. The second-order valence-corrected chi connectivity index (χ2v) is 4.03. The molecule has 0 N–H and O–H groups in total. The molecule has 0 aliphatic carbocycles. The molecule has 0 aromatic heterocycles. The number of aryl methyl sites for hydroxylation is 1. The van der Waals surface area contributed by atoms with Gasteiger partial charge in [-0.1, -0.05) is 6.07 Å². The molecule has 16 heavy (non-hydrogen) atoms. The predicted molar refractivity (Wildman–Crippen MR) is 61.1 cm³/mol. The smallest absolute Gasteiger partial charge is 0.161 e. The summed E-state index contributed by atoms with van der Waals surface area (Å²) >= 11 is 0. The number of benzene rings is 1. The van der Waals surface area contributed by atoms with Crippen molar-refractivity contribution >= 4 is 5.78 Å². The van der Waals surface area contributed by atoms with Crippen molar-refractivity contribution in [2.75, 3.05) is 13.2 Å². The maximum Gasteiger partial charge on any atom is 0.161 e. The summed E-state index contributed by atoms with van der Waals surface area (Å²) in [4.78, 5) is 10.9. The summed E-state index contributed by atoms with van der Waals surface area (Å²) in [7, 11) is 0. The molecule has 3 nitrogen and oxygen atoms in total. The number of Topliss-reactive ketones (excluding diaryl/α,β-unsaturated/α-hetero) is 1. The summed E-state index contributed by atoms with van der Waals surface area (Å²) in [5.41, 5.74) is 1.12. The Morgan fingerprint density at radius 2 is 2.00 bits per heavy atom. The number of hydrogen-bond donors (Lipinski definition) is 0. The van der Waals surface area contributed by atoms with Gasteiger partial charge < -0.3 is 14.3 Å². The molecule has 0 unspecified atom stereocenters. The van der Waals surface area contributed by atoms with Gasteiger partial charge in [-0.15, -0.1) is 0 Å². The molecule has 2 rings (SSSR count). The van der Waals surface area contributed by atoms with E-state index in [1.54, 1.807) is 6.92 Å². The molecule has 0 radical (unpaired) electrons. The number of fused-ring (bicyclic) bond motifs is 1. The molecular weight excluding hydrogens is 204 g/mol. The zero-order valence-corrected chi connectivity index (χ0v) is 9.49. The highest BCUT2D eigenvalue weighted by molar-refractivity contribution is 5.75. The molecule has 0 saturated carbocycles. The zero-order chi connectivity index (χ0) is 11.4. The van der Waals surface area contributed by atoms with Crippen molar-refractivity contribution in [2.24, 2.45) is 0 Å². The highest BCUT2D eigenvalue weighted by Crippen LogP contribution is 2.30. The molecule has 0 fully saturated rings. The summed E-state index contributed by atoms with van der Waals surface area (Å²) in [5, 5.41) is 0. The van der Waals surface area contributed by atoms with E-state index >= 15 is 0 Å². The molecular formula is C13H16O3. The van der Waals surface area contributed by atoms with E-state index in [1.165, 1.54) is 0 Å². The van der Waals surface area contributed by atoms with Crippen LogP contribution in [-0.4, -0.2) is 19.0 Å². The summed E-state index contributed by atoms with van der Waals surface area (Å²) in [6.07, 6.45) is 2.27. The fourth-order valence-electron chi connectivity index (χ4n) is 1.68. The minimum Gasteiger partial charge on any atom is -0.490 e. The second-order valence-electron chi connectivity index (χ2n) is 4.03. The van der Waals surface area contributed by atoms with E-state index in [-0.39, 0.29) is 5.78 Å². The second kappa shape index (κ2) is 5.01. The first-order valence-corrected chi connectivity index (χ1v) is 5.63. The van der Waals surface area contributed by atoms with Crippen LogP contribution in [0.2, 0.25) is 0 Å². The van der Waals surface area contributed by atoms with Crippen molar-refractivity contribution in [2.45, 2.75) is 26.2 Å². The molecule has 0 saturated heterocycles. The maximum absolute atomic E-state index is 10.9. The molecule has 86 valence electrons. The lowest BCUT2D eigenvalue weighted by atomic mass is 10.1. The first-order chi connectivity index (χ1) is 7.75. The lowest BCUT2D eigenvalue weighted by Gasteiger charge is -2.08. The van der Waals surface area contributed by atoms with Crippen LogP contribution < -0.4 is 9.47 Å². The standard InChI is InChI=1S/C13H16O3/c1-10(14)3-4-11-5-6-12-13(9-11)16-8-2-7-15-12/h5-6,9H,2-4,7-8H2,1H3. The first kappa shape index (κ1) is 11.0. The summed E-state index contributed by atoms with van der Waals surface area (Å²) in [5.74, 6) is 1.83. The van der Waals surface area contributed by atoms with E-state index in [2.05, 4.69) is 0 Å². The van der Waals surface area contributed by atoms with Gasteiger partial charge in [0, 0.05) is 12.8 Å². The van der Waals surface area contributed by atoms with Gasteiger partial charge in [-0.25, -0.2) is 0 Å². The Balaban J connectivity index is 2.11. The van der Waals surface area contributed by atoms with Gasteiger partial charge in [0.05, 0.1) is 13.2 Å². The van der Waals surface area contributed by atoms with Gasteiger partial charge >= 0.3 is 0 Å². The van der Waals surface area contributed by atoms with Crippen LogP contribution in [0.25, 0.3) is 0 Å². The van der Waals surface area contributed by atoms with Crippen molar-refractivity contribution in [1.29, 1.82) is 0 Å². The fraction of sp³-hybridized carbons (Fsp3) is 0.462. The quantitative estimate of drug-likeness (QED) is 0.784. The third-order valence-corrected chi connectivity index (χ3v) is 2.58. The summed E-state index contributed by atoms with van der Waals surface area (Å²) < 4.78 is 11.1. The van der Waals surface area contributed by atoms with E-state index in [0.717, 1.165) is 29.9 Å². The van der Waals surface area contributed by atoms with Crippen LogP contribution in [0.1, 0.15) is 25.3 Å². The fourth-order valence-corrected chi connectivity index (χ4v) is 1.68. The van der Waals surface area contributed by atoms with E-state index < -0.39 is 0 Å². The van der Waals surface area contributed by atoms with Crippen molar-refractivity contribution in [3.8, 4) is 11.5 Å². The van der Waals surface area contributed by atoms with Crippen LogP contribution in [0.4, 0.5) is 0 Å². The number of ether oxygens (including phenoxy) is 2. The molecule has 0 bridgehead atoms. The lowest BCUT2D eigenvalue weighted by molar-refractivity contribution is -0.116. The Hall–Kier alpha value is -1.51. The highest BCUT2D eigenvalue weighted by atomic mass is 16.5. The van der Waals surface area contributed by atoms with Gasteiger partial charge in [0.1, 0.15) is 5.78 Å². The van der Waals surface area contributed by atoms with E-state index in [0.29, 0.717) is 19.6 Å². The average Bonchev–Trinajstić information content (AvgIpc) is 2.50. The van der Waals surface area contributed by atoms with Crippen molar-refractivity contribution in [3.05, 3.63) is 23.8 Å². The summed E-state index contributed by atoms with van der Waals surface area (Å²) in [6.45, 7) is 3.02. The number of carbonyl (C=O) groups is 1. The SMILES string of the molecule is CC(=O)CCc1ccc2c(c1)OCCCO2. The Labute approximate surface area is 95.4 Å². The van der Waals surface area contributed by atoms with Crippen LogP contribution in [0, 0.1) is 0 Å². The average molecular weight is 220 g/mol. The molecule has 0 atom stereocenters. The van der Waals surface area contributed by atoms with Crippen LogP contribution >= 0.6 is 0 Å². The number of carbonyl (C=O) groups excluding carboxylic acids is 1. The Kier molecular flexibility index (Phi) is 3.44. The monoisotopic (exact) mass is 220 g/mol. The summed E-state index contributed by atoms with van der Waals surface area (Å²) in [6, 6.07) is 5.90. The largest absolute Gasteiger partial charge is 0.490 e. The van der Waals surface area contributed by atoms with E-state index in [9.17, 15) is 4.79 Å². The van der Waals surface area contributed by atoms with Crippen molar-refractivity contribution < 1.29 is 14.3 Å². The third kappa shape index (κ3) is 2.75. The van der Waals surface area contributed by atoms with Gasteiger partial charge in [0.2, 0.25) is 0 Å². The normalized spacial score (nSPS) is 14.3. The first-order valence-electron chi connectivity index (χ1n) is 5.63. The lowest BCUT2D eigenvalue weighted by Crippen LogP contribution is -1.97. The van der Waals surface area contributed by atoms with Crippen LogP contribution in [0.3, 0.4) is 0 Å². The Morgan fingerprint density at radius 3 is 2.75 bits per heavy atom. The predicted octanol–water partition coefficient (Wildman–Crippen LogP) is 2.37. The molecule has 1 heterocycles. The minimum atomic E-state index is 0.215. The van der Waals surface area contributed by atoms with Gasteiger partial charge in [-0.2, -0.15) is 0 Å². The van der Waals surface area contributed by atoms with Gasteiger partial charge in [-0.05, 0) is 31.0 Å². The van der Waals surface area contributed by atoms with Gasteiger partial charge in [0.25, 0.3) is 0 Å². The van der Waals surface area contributed by atoms with E-state index in [1.807, 2.05) is 18.2 Å². The van der Waals surface area contributed by atoms with Crippen molar-refractivity contribution in [3.63, 3.8) is 0 Å². The Bertz CT molecular complexity index is 385.